The van der Waals surface area contributed by atoms with Gasteiger partial charge in [0.05, 0.1) is 34.7 Å². The Morgan fingerprint density at radius 3 is 2.36 bits per heavy atom. The maximum absolute atomic E-state index is 13.3. The van der Waals surface area contributed by atoms with Crippen molar-refractivity contribution in [1.82, 2.24) is 20.1 Å². The highest BCUT2D eigenvalue weighted by molar-refractivity contribution is 14.1. The number of nitrogens with zero attached hydrogens (tertiary/aromatic N) is 3. The van der Waals surface area contributed by atoms with Gasteiger partial charge >= 0.3 is 12.4 Å². The summed E-state index contributed by atoms with van der Waals surface area (Å²) >= 11 is 3.51. The predicted octanol–water partition coefficient (Wildman–Crippen LogP) is 6.01. The number of aryl methyl sites for hydroxylation is 1. The van der Waals surface area contributed by atoms with Crippen LogP contribution in [-0.2, 0) is 18.9 Å². The minimum absolute atomic E-state index is 0.00932. The molecule has 0 bridgehead atoms. The van der Waals surface area contributed by atoms with Gasteiger partial charge in [0.25, 0.3) is 11.8 Å². The van der Waals surface area contributed by atoms with Crippen LogP contribution >= 0.6 is 34.4 Å². The number of anilines is 1. The number of hydrogen-bond acceptors (Lipinski definition) is 5. The Morgan fingerprint density at radius 1 is 1.08 bits per heavy atom. The molecule has 2 amide bonds. The second-order valence-electron chi connectivity index (χ2n) is 8.45. The third-order valence-corrected chi connectivity index (χ3v) is 7.08. The van der Waals surface area contributed by atoms with E-state index < -0.39 is 42.1 Å². The van der Waals surface area contributed by atoms with Crippen LogP contribution < -0.4 is 10.6 Å². The van der Waals surface area contributed by atoms with Crippen LogP contribution in [0.2, 0.25) is 0 Å². The molecule has 2 N–H and O–H groups in total. The van der Waals surface area contributed by atoms with Crippen molar-refractivity contribution < 1.29 is 35.9 Å². The monoisotopic (exact) mass is 685 g/mol. The van der Waals surface area contributed by atoms with Gasteiger partial charge in [-0.1, -0.05) is 6.07 Å². The van der Waals surface area contributed by atoms with Crippen molar-refractivity contribution >= 4 is 51.9 Å². The van der Waals surface area contributed by atoms with Crippen molar-refractivity contribution in [1.29, 1.82) is 0 Å². The standard InChI is InChI=1S/C24H22F6IN5O2S/c1-12(11-39-3)32-22(38)20-15(5-4-6-16(20)31)21(37)34-17-8-7-14(33-13(17)2)10-36-19(24(28,29)30)9-18(35-36)23(25,26)27/h4-9,12H,10-11H2,1-3H3,(H,32,38)(H,34,37)/t12-/m0/s1. The van der Waals surface area contributed by atoms with Gasteiger partial charge in [0.1, 0.15) is 5.69 Å². The number of pyridine rings is 1. The number of hydrogen-bond donors (Lipinski definition) is 2. The molecule has 210 valence electrons. The van der Waals surface area contributed by atoms with Crippen LogP contribution in [0.3, 0.4) is 0 Å². The van der Waals surface area contributed by atoms with E-state index >= 15 is 0 Å². The SMILES string of the molecule is CSC[C@H](C)NC(=O)c1c(I)cccc1C(=O)Nc1ccc(Cn2nc(C(F)(F)F)cc2C(F)(F)F)nc1C. The Kier molecular flexibility index (Phi) is 9.56. The lowest BCUT2D eigenvalue weighted by Gasteiger charge is -2.16. The van der Waals surface area contributed by atoms with Crippen LogP contribution in [0.5, 0.6) is 0 Å². The van der Waals surface area contributed by atoms with Crippen LogP contribution in [0.4, 0.5) is 32.0 Å². The number of nitrogens with one attached hydrogen (secondary N) is 2. The number of carbonyl (C=O) groups is 2. The second kappa shape index (κ2) is 12.1. The van der Waals surface area contributed by atoms with Crippen LogP contribution in [0.1, 0.15) is 50.4 Å². The van der Waals surface area contributed by atoms with E-state index in [1.807, 2.05) is 35.8 Å². The molecule has 0 radical (unpaired) electrons. The molecule has 1 aromatic carbocycles. The van der Waals surface area contributed by atoms with Crippen molar-refractivity contribution in [2.45, 2.75) is 38.8 Å². The zero-order valence-electron chi connectivity index (χ0n) is 20.7. The summed E-state index contributed by atoms with van der Waals surface area (Å²) < 4.78 is 79.5. The molecule has 2 heterocycles. The summed E-state index contributed by atoms with van der Waals surface area (Å²) in [5.41, 5.74) is -2.56. The zero-order chi connectivity index (χ0) is 29.1. The molecule has 1 atom stereocenters. The van der Waals surface area contributed by atoms with Crippen LogP contribution in [0.15, 0.2) is 36.4 Å². The van der Waals surface area contributed by atoms with E-state index in [1.165, 1.54) is 25.1 Å². The van der Waals surface area contributed by atoms with Crippen molar-refractivity contribution in [3.8, 4) is 0 Å². The summed E-state index contributed by atoms with van der Waals surface area (Å²) in [6.07, 6.45) is -8.22. The lowest BCUT2D eigenvalue weighted by Crippen LogP contribution is -2.36. The maximum Gasteiger partial charge on any atom is 0.435 e. The molecule has 3 aromatic rings. The van der Waals surface area contributed by atoms with Gasteiger partial charge in [0.15, 0.2) is 5.69 Å². The van der Waals surface area contributed by atoms with Gasteiger partial charge in [0.2, 0.25) is 0 Å². The Balaban J connectivity index is 1.84. The lowest BCUT2D eigenvalue weighted by atomic mass is 10.1. The summed E-state index contributed by atoms with van der Waals surface area (Å²) in [5, 5.41) is 8.56. The van der Waals surface area contributed by atoms with E-state index in [4.69, 9.17) is 0 Å². The van der Waals surface area contributed by atoms with E-state index in [1.54, 1.807) is 23.9 Å². The van der Waals surface area contributed by atoms with E-state index in [0.29, 0.717) is 9.32 Å². The zero-order valence-corrected chi connectivity index (χ0v) is 23.6. The number of thioether (sulfide) groups is 1. The third-order valence-electron chi connectivity index (χ3n) is 5.34. The Hall–Kier alpha value is -2.82. The van der Waals surface area contributed by atoms with Crippen LogP contribution in [-0.4, -0.2) is 44.6 Å². The Morgan fingerprint density at radius 2 is 1.77 bits per heavy atom. The van der Waals surface area contributed by atoms with Gasteiger partial charge in [-0.05, 0) is 67.0 Å². The number of rotatable bonds is 8. The molecule has 0 aliphatic heterocycles. The topological polar surface area (TPSA) is 88.9 Å². The fraction of sp³-hybridized carbons (Fsp3) is 0.333. The minimum atomic E-state index is -5.07. The van der Waals surface area contributed by atoms with Gasteiger partial charge in [0, 0.05) is 21.4 Å². The first-order valence-corrected chi connectivity index (χ1v) is 13.7. The first-order valence-electron chi connectivity index (χ1n) is 11.2. The molecule has 15 heteroatoms. The normalized spacial score (nSPS) is 12.8. The van der Waals surface area contributed by atoms with Gasteiger partial charge in [-0.15, -0.1) is 0 Å². The molecular weight excluding hydrogens is 663 g/mol. The fourth-order valence-corrected chi connectivity index (χ4v) is 4.94. The molecule has 0 aliphatic rings. The largest absolute Gasteiger partial charge is 0.435 e. The third kappa shape index (κ3) is 7.64. The number of benzene rings is 1. The average Bonchev–Trinajstić information content (AvgIpc) is 3.25. The molecular formula is C24H22F6IN5O2S. The van der Waals surface area contributed by atoms with Crippen molar-refractivity contribution in [2.24, 2.45) is 0 Å². The highest BCUT2D eigenvalue weighted by Crippen LogP contribution is 2.35. The summed E-state index contributed by atoms with van der Waals surface area (Å²) in [5.74, 6) is -0.362. The average molecular weight is 685 g/mol. The Labute approximate surface area is 237 Å². The fourth-order valence-electron chi connectivity index (χ4n) is 3.61. The highest BCUT2D eigenvalue weighted by atomic mass is 127. The quantitative estimate of drug-likeness (QED) is 0.224. The molecule has 2 aromatic heterocycles. The summed E-state index contributed by atoms with van der Waals surface area (Å²) in [4.78, 5) is 30.1. The van der Waals surface area contributed by atoms with Crippen LogP contribution in [0, 0.1) is 10.5 Å². The number of amides is 2. The number of carbonyl (C=O) groups excluding carboxylic acids is 2. The minimum Gasteiger partial charge on any atom is -0.349 e. The second-order valence-corrected chi connectivity index (χ2v) is 10.5. The molecule has 0 spiro atoms. The summed E-state index contributed by atoms with van der Waals surface area (Å²) in [7, 11) is 0. The molecule has 0 unspecified atom stereocenters. The van der Waals surface area contributed by atoms with E-state index in [9.17, 15) is 35.9 Å². The molecule has 0 saturated carbocycles. The first-order chi connectivity index (χ1) is 18.1. The smallest absolute Gasteiger partial charge is 0.349 e. The summed E-state index contributed by atoms with van der Waals surface area (Å²) in [6, 6.07) is 7.22. The predicted molar refractivity (Wildman–Crippen MR) is 143 cm³/mol. The lowest BCUT2D eigenvalue weighted by molar-refractivity contribution is -0.144. The van der Waals surface area contributed by atoms with Gasteiger partial charge in [-0.2, -0.15) is 43.2 Å². The van der Waals surface area contributed by atoms with Crippen molar-refractivity contribution in [2.75, 3.05) is 17.3 Å². The maximum atomic E-state index is 13.3. The summed E-state index contributed by atoms with van der Waals surface area (Å²) in [6.45, 7) is 2.63. The van der Waals surface area contributed by atoms with Crippen molar-refractivity contribution in [3.63, 3.8) is 0 Å². The van der Waals surface area contributed by atoms with Gasteiger partial charge < -0.3 is 10.6 Å². The Bertz CT molecular complexity index is 1380. The molecule has 0 aliphatic carbocycles. The molecule has 0 saturated heterocycles. The van der Waals surface area contributed by atoms with E-state index in [2.05, 4.69) is 20.7 Å². The van der Waals surface area contributed by atoms with Crippen molar-refractivity contribution in [3.05, 3.63) is 73.9 Å². The van der Waals surface area contributed by atoms with Crippen LogP contribution in [0.25, 0.3) is 0 Å². The number of halogens is 7. The van der Waals surface area contributed by atoms with E-state index in [-0.39, 0.29) is 45.0 Å². The van der Waals surface area contributed by atoms with E-state index in [0.717, 1.165) is 0 Å². The van der Waals surface area contributed by atoms with Gasteiger partial charge in [-0.3, -0.25) is 19.3 Å². The molecule has 0 fully saturated rings. The van der Waals surface area contributed by atoms with Gasteiger partial charge in [-0.25, -0.2) is 0 Å². The number of aromatic nitrogens is 3. The molecule has 3 rings (SSSR count). The molecule has 39 heavy (non-hydrogen) atoms. The molecule has 7 nitrogen and oxygen atoms in total. The highest BCUT2D eigenvalue weighted by Gasteiger charge is 2.42. The number of alkyl halides is 6. The first kappa shape index (κ1) is 30.7.